The largest absolute Gasteiger partial charge is 0.467 e. The van der Waals surface area contributed by atoms with Gasteiger partial charge < -0.3 is 60.6 Å². The molecule has 4 aromatic carbocycles. The van der Waals surface area contributed by atoms with Crippen molar-refractivity contribution < 1.29 is 62.1 Å². The number of methoxy groups -OCH3 is 1. The van der Waals surface area contributed by atoms with Crippen molar-refractivity contribution in [2.75, 3.05) is 24.8 Å². The Kier molecular flexibility index (Phi) is 28.8. The number of esters is 2. The van der Waals surface area contributed by atoms with Crippen LogP contribution < -0.4 is 48.0 Å². The van der Waals surface area contributed by atoms with Gasteiger partial charge in [-0.05, 0) is 102 Å². The van der Waals surface area contributed by atoms with Crippen LogP contribution in [0.2, 0.25) is 5.04 Å². The summed E-state index contributed by atoms with van der Waals surface area (Å²) in [5.41, 5.74) is 1.31. The lowest BCUT2D eigenvalue weighted by Gasteiger charge is -2.43. The fourth-order valence-corrected chi connectivity index (χ4v) is 18.7. The van der Waals surface area contributed by atoms with Gasteiger partial charge in [0, 0.05) is 61.2 Å². The molecule has 538 valence electrons. The van der Waals surface area contributed by atoms with Crippen molar-refractivity contribution in [1.82, 2.24) is 41.1 Å². The Bertz CT molecular complexity index is 3710. The minimum atomic E-state index is -2.84. The van der Waals surface area contributed by atoms with Crippen LogP contribution in [0.25, 0.3) is 10.9 Å². The van der Waals surface area contributed by atoms with Gasteiger partial charge in [0.25, 0.3) is 8.32 Å². The molecule has 1 aliphatic heterocycles. The minimum absolute atomic E-state index is 0.000523. The van der Waals surface area contributed by atoms with Crippen LogP contribution in [0.1, 0.15) is 149 Å². The molecule has 0 bridgehead atoms. The van der Waals surface area contributed by atoms with E-state index in [0.29, 0.717) is 12.4 Å². The Balaban J connectivity index is 0.853. The number of fused-ring (bicyclic) bond motifs is 1. The van der Waals surface area contributed by atoms with E-state index in [9.17, 15) is 48.3 Å². The van der Waals surface area contributed by atoms with Gasteiger partial charge in [0.2, 0.25) is 35.4 Å². The molecule has 0 spiro atoms. The number of H-pyrrole nitrogens is 1. The Morgan fingerprint density at radius 1 is 0.710 bits per heavy atom. The lowest BCUT2D eigenvalue weighted by atomic mass is 9.95. The number of rotatable bonds is 35. The van der Waals surface area contributed by atoms with E-state index < -0.39 is 116 Å². The number of hydrogen-bond acceptors (Lipinski definition) is 16. The van der Waals surface area contributed by atoms with Crippen molar-refractivity contribution in [2.24, 2.45) is 11.8 Å². The first-order valence-corrected chi connectivity index (χ1v) is 37.8. The second kappa shape index (κ2) is 37.3. The molecule has 8 atom stereocenters. The molecule has 0 radical (unpaired) electrons. The van der Waals surface area contributed by atoms with E-state index in [2.05, 4.69) is 86.9 Å². The molecule has 2 aliphatic rings. The number of nitrogens with one attached hydrogen (secondary N) is 7. The van der Waals surface area contributed by atoms with Crippen LogP contribution in [-0.4, -0.2) is 143 Å². The molecule has 23 nitrogen and oxygen atoms in total. The highest BCUT2D eigenvalue weighted by Gasteiger charge is 2.51. The number of benzene rings is 4. The number of amides is 6. The summed E-state index contributed by atoms with van der Waals surface area (Å²) in [5, 5.41) is 31.3. The van der Waals surface area contributed by atoms with E-state index in [4.69, 9.17) is 18.6 Å². The summed E-state index contributed by atoms with van der Waals surface area (Å²) in [6.07, 6.45) is 5.07. The summed E-state index contributed by atoms with van der Waals surface area (Å²) in [6, 6.07) is 32.7. The number of aliphatic hydroxyl groups excluding tert-OH is 1. The maximum atomic E-state index is 14.6. The highest BCUT2D eigenvalue weighted by atomic mass is 32.2. The summed E-state index contributed by atoms with van der Waals surface area (Å²) >= 11 is 1.56. The lowest BCUT2D eigenvalue weighted by Crippen LogP contribution is -2.67. The van der Waals surface area contributed by atoms with Crippen molar-refractivity contribution in [3.8, 4) is 0 Å². The van der Waals surface area contributed by atoms with Crippen LogP contribution >= 0.6 is 11.8 Å². The van der Waals surface area contributed by atoms with Gasteiger partial charge in [-0.2, -0.15) is 4.98 Å². The van der Waals surface area contributed by atoms with Crippen molar-refractivity contribution in [3.63, 3.8) is 0 Å². The highest BCUT2D eigenvalue weighted by Crippen LogP contribution is 2.39. The number of aromatic nitrogens is 3. The number of aliphatic hydroxyl groups is 1. The zero-order chi connectivity index (χ0) is 71.9. The fourth-order valence-electron chi connectivity index (χ4n) is 13.0. The van der Waals surface area contributed by atoms with Crippen molar-refractivity contribution in [2.45, 2.75) is 204 Å². The van der Waals surface area contributed by atoms with E-state index in [0.717, 1.165) is 64.5 Å². The molecule has 3 heterocycles. The topological polar surface area (TPSA) is 317 Å². The number of aromatic amines is 1. The Hall–Kier alpha value is -8.49. The SMILES string of the molecule is COC(=O)[C@H](Cc1ccccc1)NC(=O)[C@H](CCC(=O)OC1CCCCC1)NC(=O)C[C@@H](O)[C@@H](CC(C)C)NC(=O)[C@@H](NC(=O)[C@H](Cc1c[nH]c2ccccc12)NC(=O)CCCCC(=O)Nc1ccn(C2CSC(CO[Si](c3ccccc3)(c3ccccc3)C(C)(C)C)O2)c(=O)n1)C(C)C. The van der Waals surface area contributed by atoms with E-state index in [-0.39, 0.29) is 86.1 Å². The van der Waals surface area contributed by atoms with E-state index >= 15 is 0 Å². The molecule has 6 aromatic rings. The maximum absolute atomic E-state index is 14.6. The first kappa shape index (κ1) is 77.2. The molecule has 100 heavy (non-hydrogen) atoms. The van der Waals surface area contributed by atoms with Crippen LogP contribution in [-0.2, 0) is 69.8 Å². The number of para-hydroxylation sites is 1. The Morgan fingerprint density at radius 2 is 1.33 bits per heavy atom. The number of thioether (sulfide) groups is 1. The number of nitrogens with zero attached hydrogens (tertiary/aromatic N) is 2. The molecular weight excluding hydrogens is 1310 g/mol. The molecule has 6 amide bonds. The van der Waals surface area contributed by atoms with Gasteiger partial charge in [-0.25, -0.2) is 9.59 Å². The summed E-state index contributed by atoms with van der Waals surface area (Å²) in [5.74, 6) is -5.12. The van der Waals surface area contributed by atoms with E-state index in [1.807, 2.05) is 80.6 Å². The van der Waals surface area contributed by atoms with Gasteiger partial charge in [-0.3, -0.25) is 38.1 Å². The third kappa shape index (κ3) is 22.0. The molecule has 1 saturated carbocycles. The predicted molar refractivity (Wildman–Crippen MR) is 386 cm³/mol. The van der Waals surface area contributed by atoms with Gasteiger partial charge in [0.15, 0.2) is 0 Å². The third-order valence-electron chi connectivity index (χ3n) is 18.2. The van der Waals surface area contributed by atoms with Gasteiger partial charge in [0.1, 0.15) is 47.8 Å². The van der Waals surface area contributed by atoms with Crippen LogP contribution in [0.4, 0.5) is 5.82 Å². The first-order valence-electron chi connectivity index (χ1n) is 34.9. The Morgan fingerprint density at radius 3 is 1.96 bits per heavy atom. The number of carbonyl (C=O) groups is 8. The van der Waals surface area contributed by atoms with Crippen LogP contribution in [0, 0.1) is 11.8 Å². The molecule has 8 N–H and O–H groups in total. The summed E-state index contributed by atoms with van der Waals surface area (Å²) in [6.45, 7) is 14.1. The monoisotopic (exact) mass is 1410 g/mol. The highest BCUT2D eigenvalue weighted by molar-refractivity contribution is 8.00. The summed E-state index contributed by atoms with van der Waals surface area (Å²) < 4.78 is 25.6. The molecule has 2 unspecified atom stereocenters. The summed E-state index contributed by atoms with van der Waals surface area (Å²) in [4.78, 5) is 131. The van der Waals surface area contributed by atoms with Gasteiger partial charge in [0.05, 0.1) is 32.3 Å². The standard InChI is InChI=1S/C75H99N9O14SSi/c1-48(2)41-58(61(85)44-65(88)77-57(37-38-67(89)97-52-27-15-10-16-28-52)70(90)80-60(73(93)95-8)42-50-25-13-9-14-26-50)79-72(92)69(49(3)4)83-71(91)59(43-51-45-76-56-34-22-21-33-55(51)56)78-63(86)35-23-24-36-64(87)81-62-39-40-84(74(94)82-62)66-47-99-68(98-66)46-96-100(75(5,6)7,53-29-17-11-18-30-53)54-31-19-12-20-32-54/h9,11-14,17-22,25-26,29-34,39-40,45,48-49,52,57-61,66,68-69,76,85H,10,15-16,23-24,27-28,35-38,41-44,46-47H2,1-8H3,(H,77,88)(H,78,86)(H,79,92)(H,80,90)(H,83,91)(H,81,82,87,94)/t57-,58+,59-,60-,61+,66?,68?,69-/m0/s1. The third-order valence-corrected chi connectivity index (χ3v) is 24.3. The minimum Gasteiger partial charge on any atom is -0.467 e. The molecular formula is C75H99N9O14SSi. The van der Waals surface area contributed by atoms with Gasteiger partial charge in [-0.15, -0.1) is 11.8 Å². The smallest absolute Gasteiger partial charge is 0.351 e. The number of hydrogen-bond donors (Lipinski definition) is 8. The van der Waals surface area contributed by atoms with Crippen LogP contribution in [0.5, 0.6) is 0 Å². The van der Waals surface area contributed by atoms with Crippen LogP contribution in [0.15, 0.2) is 139 Å². The molecule has 1 aliphatic carbocycles. The first-order chi connectivity index (χ1) is 47.9. The predicted octanol–water partition coefficient (Wildman–Crippen LogP) is 7.58. The number of carbonyl (C=O) groups excluding carboxylic acids is 8. The maximum Gasteiger partial charge on any atom is 0.351 e. The van der Waals surface area contributed by atoms with Gasteiger partial charge in [-0.1, -0.05) is 164 Å². The second-order valence-electron chi connectivity index (χ2n) is 27.7. The molecule has 1 saturated heterocycles. The zero-order valence-electron chi connectivity index (χ0n) is 58.6. The molecule has 2 aromatic heterocycles. The second-order valence-corrected chi connectivity index (χ2v) is 33.2. The van der Waals surface area contributed by atoms with Crippen molar-refractivity contribution in [1.29, 1.82) is 0 Å². The fraction of sp³-hybridized carbons (Fsp3) is 0.493. The Labute approximate surface area is 590 Å². The zero-order valence-corrected chi connectivity index (χ0v) is 60.4. The number of ether oxygens (including phenoxy) is 3. The molecule has 2 fully saturated rings. The molecule has 25 heteroatoms. The quantitative estimate of drug-likeness (QED) is 0.0108. The van der Waals surface area contributed by atoms with E-state index in [1.165, 1.54) is 17.7 Å². The number of unbranched alkanes of at least 4 members (excludes halogenated alkanes) is 1. The van der Waals surface area contributed by atoms with Crippen molar-refractivity contribution >= 4 is 94.6 Å². The number of anilines is 1. The normalized spacial score (nSPS) is 16.9. The summed E-state index contributed by atoms with van der Waals surface area (Å²) in [7, 11) is -1.64. The average molecular weight is 1410 g/mol. The van der Waals surface area contributed by atoms with Crippen LogP contribution in [0.3, 0.4) is 0 Å². The molecule has 8 rings (SSSR count). The van der Waals surface area contributed by atoms with Gasteiger partial charge >= 0.3 is 17.6 Å². The van der Waals surface area contributed by atoms with E-state index in [1.54, 1.807) is 62.3 Å². The van der Waals surface area contributed by atoms with Crippen molar-refractivity contribution in [3.05, 3.63) is 155 Å². The average Bonchev–Trinajstić information content (AvgIpc) is 0.798. The lowest BCUT2D eigenvalue weighted by molar-refractivity contribution is -0.151.